The van der Waals surface area contributed by atoms with E-state index in [-0.39, 0.29) is 18.0 Å². The molecule has 0 bridgehead atoms. The van der Waals surface area contributed by atoms with Crippen LogP contribution in [-0.2, 0) is 11.3 Å². The molecule has 0 radical (unpaired) electrons. The summed E-state index contributed by atoms with van der Waals surface area (Å²) in [5.74, 6) is -0.0987. The lowest BCUT2D eigenvalue weighted by Gasteiger charge is -2.07. The van der Waals surface area contributed by atoms with E-state index in [4.69, 9.17) is 0 Å². The van der Waals surface area contributed by atoms with Crippen LogP contribution in [-0.4, -0.2) is 22.4 Å². The number of nitrogens with zero attached hydrogens (tertiary/aromatic N) is 2. The van der Waals surface area contributed by atoms with Gasteiger partial charge in [-0.25, -0.2) is 4.98 Å². The summed E-state index contributed by atoms with van der Waals surface area (Å²) < 4.78 is 1.10. The van der Waals surface area contributed by atoms with E-state index in [0.717, 1.165) is 15.2 Å². The van der Waals surface area contributed by atoms with Crippen LogP contribution in [0.1, 0.15) is 17.0 Å². The number of aryl methyl sites for hydroxylation is 1. The molecule has 8 heteroatoms. The zero-order chi connectivity index (χ0) is 18.5. The molecule has 1 aromatic heterocycles. The molecule has 7 nitrogen and oxygen atoms in total. The first-order valence-corrected chi connectivity index (χ1v) is 8.94. The summed E-state index contributed by atoms with van der Waals surface area (Å²) >= 11 is 1.56. The number of nitro groups is 1. The maximum absolute atomic E-state index is 12.0. The Bertz CT molecular complexity index is 922. The molecule has 26 heavy (non-hydrogen) atoms. The van der Waals surface area contributed by atoms with E-state index in [1.54, 1.807) is 30.4 Å². The molecule has 0 aliphatic carbocycles. The molecule has 0 fully saturated rings. The molecule has 1 amide bonds. The number of benzene rings is 2. The monoisotopic (exact) mass is 370 g/mol. The Morgan fingerprint density at radius 3 is 2.85 bits per heavy atom. The molecule has 134 valence electrons. The minimum atomic E-state index is -0.411. The van der Waals surface area contributed by atoms with E-state index in [0.29, 0.717) is 24.3 Å². The van der Waals surface area contributed by atoms with Crippen molar-refractivity contribution in [1.82, 2.24) is 10.3 Å². The molecule has 0 atom stereocenters. The van der Waals surface area contributed by atoms with Crippen molar-refractivity contribution >= 4 is 38.8 Å². The third-order valence-corrected chi connectivity index (χ3v) is 4.90. The van der Waals surface area contributed by atoms with E-state index in [2.05, 4.69) is 15.6 Å². The topological polar surface area (TPSA) is 97.2 Å². The van der Waals surface area contributed by atoms with Gasteiger partial charge in [0.25, 0.3) is 5.69 Å². The number of rotatable bonds is 7. The number of para-hydroxylation sites is 1. The molecule has 2 aromatic carbocycles. The number of amides is 1. The van der Waals surface area contributed by atoms with Gasteiger partial charge in [-0.1, -0.05) is 18.2 Å². The standard InChI is InChI=1S/C18H18N4O3S/c1-12-6-7-13(10-15(12)22(24)25)19-9-8-17(23)20-11-18-21-14-4-2-3-5-16(14)26-18/h2-7,10,19H,8-9,11H2,1H3,(H,20,23). The van der Waals surface area contributed by atoms with Gasteiger partial charge >= 0.3 is 0 Å². The highest BCUT2D eigenvalue weighted by Crippen LogP contribution is 2.22. The quantitative estimate of drug-likeness (QED) is 0.489. The summed E-state index contributed by atoms with van der Waals surface area (Å²) in [5, 5.41) is 17.7. The third kappa shape index (κ3) is 4.34. The molecule has 0 aliphatic heterocycles. The summed E-state index contributed by atoms with van der Waals surface area (Å²) in [6, 6.07) is 12.8. The average molecular weight is 370 g/mol. The zero-order valence-electron chi connectivity index (χ0n) is 14.2. The Kier molecular flexibility index (Phi) is 5.43. The highest BCUT2D eigenvalue weighted by Gasteiger charge is 2.11. The molecule has 0 saturated heterocycles. The van der Waals surface area contributed by atoms with Crippen molar-refractivity contribution in [3.63, 3.8) is 0 Å². The molecule has 0 unspecified atom stereocenters. The number of carbonyl (C=O) groups excluding carboxylic acids is 1. The molecule has 0 aliphatic rings. The van der Waals surface area contributed by atoms with Gasteiger partial charge in [0.05, 0.1) is 21.7 Å². The fourth-order valence-corrected chi connectivity index (χ4v) is 3.40. The minimum absolute atomic E-state index is 0.0651. The lowest BCUT2D eigenvalue weighted by molar-refractivity contribution is -0.385. The van der Waals surface area contributed by atoms with E-state index < -0.39 is 4.92 Å². The Balaban J connectivity index is 1.47. The Hall–Kier alpha value is -3.00. The van der Waals surface area contributed by atoms with Gasteiger partial charge in [0.2, 0.25) is 5.91 Å². The maximum atomic E-state index is 12.0. The van der Waals surface area contributed by atoms with Crippen LogP contribution < -0.4 is 10.6 Å². The van der Waals surface area contributed by atoms with E-state index in [1.165, 1.54) is 6.07 Å². The number of aromatic nitrogens is 1. The van der Waals surface area contributed by atoms with Crippen LogP contribution in [0, 0.1) is 17.0 Å². The summed E-state index contributed by atoms with van der Waals surface area (Å²) in [7, 11) is 0. The summed E-state index contributed by atoms with van der Waals surface area (Å²) in [6.45, 7) is 2.48. The lowest BCUT2D eigenvalue weighted by Crippen LogP contribution is -2.24. The van der Waals surface area contributed by atoms with Crippen LogP contribution in [0.25, 0.3) is 10.2 Å². The zero-order valence-corrected chi connectivity index (χ0v) is 15.0. The van der Waals surface area contributed by atoms with Crippen LogP contribution in [0.5, 0.6) is 0 Å². The lowest BCUT2D eigenvalue weighted by atomic mass is 10.2. The highest BCUT2D eigenvalue weighted by atomic mass is 32.1. The maximum Gasteiger partial charge on any atom is 0.274 e. The first-order valence-electron chi connectivity index (χ1n) is 8.13. The number of fused-ring (bicyclic) bond motifs is 1. The Labute approximate surface area is 154 Å². The largest absolute Gasteiger partial charge is 0.384 e. The average Bonchev–Trinajstić information content (AvgIpc) is 3.04. The van der Waals surface area contributed by atoms with Gasteiger partial charge < -0.3 is 10.6 Å². The van der Waals surface area contributed by atoms with Crippen molar-refractivity contribution in [2.45, 2.75) is 19.9 Å². The number of hydrogen-bond donors (Lipinski definition) is 2. The predicted octanol–water partition coefficient (Wildman–Crippen LogP) is 3.63. The van der Waals surface area contributed by atoms with Crippen molar-refractivity contribution in [2.24, 2.45) is 0 Å². The molecular formula is C18H18N4O3S. The van der Waals surface area contributed by atoms with Gasteiger partial charge in [-0.3, -0.25) is 14.9 Å². The van der Waals surface area contributed by atoms with Crippen LogP contribution in [0.3, 0.4) is 0 Å². The first-order chi connectivity index (χ1) is 12.5. The van der Waals surface area contributed by atoms with E-state index in [9.17, 15) is 14.9 Å². The Morgan fingerprint density at radius 2 is 2.08 bits per heavy atom. The van der Waals surface area contributed by atoms with Gasteiger partial charge in [0.15, 0.2) is 0 Å². The van der Waals surface area contributed by atoms with E-state index >= 15 is 0 Å². The van der Waals surface area contributed by atoms with Crippen molar-refractivity contribution < 1.29 is 9.72 Å². The molecular weight excluding hydrogens is 352 g/mol. The fraction of sp³-hybridized carbons (Fsp3) is 0.222. The molecule has 1 heterocycles. The summed E-state index contributed by atoms with van der Waals surface area (Å²) in [4.78, 5) is 27.0. The van der Waals surface area contributed by atoms with Crippen molar-refractivity contribution in [3.8, 4) is 0 Å². The molecule has 2 N–H and O–H groups in total. The van der Waals surface area contributed by atoms with Gasteiger partial charge in [0.1, 0.15) is 5.01 Å². The van der Waals surface area contributed by atoms with E-state index in [1.807, 2.05) is 24.3 Å². The number of anilines is 1. The molecule has 3 aromatic rings. The summed E-state index contributed by atoms with van der Waals surface area (Å²) in [6.07, 6.45) is 0.270. The van der Waals surface area contributed by atoms with Crippen LogP contribution in [0.4, 0.5) is 11.4 Å². The van der Waals surface area contributed by atoms with Crippen LogP contribution >= 0.6 is 11.3 Å². The molecule has 0 saturated carbocycles. The second-order valence-corrected chi connectivity index (χ2v) is 6.90. The highest BCUT2D eigenvalue weighted by molar-refractivity contribution is 7.18. The normalized spacial score (nSPS) is 10.7. The van der Waals surface area contributed by atoms with Gasteiger partial charge in [0, 0.05) is 30.3 Å². The van der Waals surface area contributed by atoms with Gasteiger partial charge in [-0.05, 0) is 25.1 Å². The predicted molar refractivity (Wildman–Crippen MR) is 102 cm³/mol. The van der Waals surface area contributed by atoms with Crippen LogP contribution in [0.15, 0.2) is 42.5 Å². The van der Waals surface area contributed by atoms with Crippen molar-refractivity contribution in [3.05, 3.63) is 63.1 Å². The van der Waals surface area contributed by atoms with Crippen LogP contribution in [0.2, 0.25) is 0 Å². The molecule has 0 spiro atoms. The molecule has 3 rings (SSSR count). The smallest absolute Gasteiger partial charge is 0.274 e. The number of nitrogens with one attached hydrogen (secondary N) is 2. The SMILES string of the molecule is Cc1ccc(NCCC(=O)NCc2nc3ccccc3s2)cc1[N+](=O)[O-]. The minimum Gasteiger partial charge on any atom is -0.384 e. The fourth-order valence-electron chi connectivity index (χ4n) is 2.49. The van der Waals surface area contributed by atoms with Gasteiger partial charge in [-0.2, -0.15) is 0 Å². The van der Waals surface area contributed by atoms with Crippen molar-refractivity contribution in [2.75, 3.05) is 11.9 Å². The number of nitro benzene ring substituents is 1. The van der Waals surface area contributed by atoms with Gasteiger partial charge in [-0.15, -0.1) is 11.3 Å². The second-order valence-electron chi connectivity index (χ2n) is 5.79. The van der Waals surface area contributed by atoms with Crippen molar-refractivity contribution in [1.29, 1.82) is 0 Å². The number of carbonyl (C=O) groups is 1. The number of hydrogen-bond acceptors (Lipinski definition) is 6. The Morgan fingerprint density at radius 1 is 1.27 bits per heavy atom. The second kappa shape index (κ2) is 7.92. The summed E-state index contributed by atoms with van der Waals surface area (Å²) in [5.41, 5.74) is 2.23. The number of thiazole rings is 1. The third-order valence-electron chi connectivity index (χ3n) is 3.86. The first kappa shape index (κ1) is 17.8.